The number of rotatable bonds is 4. The van der Waals surface area contributed by atoms with Gasteiger partial charge in [0, 0.05) is 32.2 Å². The summed E-state index contributed by atoms with van der Waals surface area (Å²) in [6, 6.07) is 2.42. The standard InChI is InChI=1S/C17H26N6O2/c1-22(17(24)25)12-4-5-23(9-12)15-8-14(20-16(18)21-15)19-13-7-10-2-3-11(13)6-10/h8,10-13H,2-7,9H2,1H3,(H,24,25)(H3,18,19,20,21)/t10-,11+,12?,13-/m0/s1. The number of carbonyl (C=O) groups is 1. The van der Waals surface area contributed by atoms with Crippen LogP contribution in [0.4, 0.5) is 22.4 Å². The Morgan fingerprint density at radius 2 is 2.20 bits per heavy atom. The van der Waals surface area contributed by atoms with Gasteiger partial charge in [0.25, 0.3) is 0 Å². The molecule has 25 heavy (non-hydrogen) atoms. The Hall–Kier alpha value is -2.25. The predicted molar refractivity (Wildman–Crippen MR) is 95.7 cm³/mol. The van der Waals surface area contributed by atoms with Gasteiger partial charge in [0.05, 0.1) is 6.04 Å². The Morgan fingerprint density at radius 1 is 1.36 bits per heavy atom. The number of nitrogen functional groups attached to an aromatic ring is 1. The molecular weight excluding hydrogens is 320 g/mol. The summed E-state index contributed by atoms with van der Waals surface area (Å²) in [5.74, 6) is 3.45. The van der Waals surface area contributed by atoms with Gasteiger partial charge in [-0.25, -0.2) is 4.79 Å². The van der Waals surface area contributed by atoms with Gasteiger partial charge in [-0.15, -0.1) is 0 Å². The van der Waals surface area contributed by atoms with Crippen molar-refractivity contribution >= 4 is 23.7 Å². The van der Waals surface area contributed by atoms with Crippen LogP contribution in [0.25, 0.3) is 0 Å². The molecular formula is C17H26N6O2. The van der Waals surface area contributed by atoms with Gasteiger partial charge in [-0.1, -0.05) is 6.42 Å². The van der Waals surface area contributed by atoms with Crippen molar-refractivity contribution in [3.8, 4) is 0 Å². The maximum atomic E-state index is 11.1. The highest BCUT2D eigenvalue weighted by Gasteiger charge is 2.39. The molecule has 2 heterocycles. The molecule has 2 bridgehead atoms. The topological polar surface area (TPSA) is 108 Å². The van der Waals surface area contributed by atoms with E-state index in [1.165, 1.54) is 30.6 Å². The Morgan fingerprint density at radius 3 is 2.88 bits per heavy atom. The fraction of sp³-hybridized carbons (Fsp3) is 0.706. The van der Waals surface area contributed by atoms with Gasteiger partial charge in [0.2, 0.25) is 5.95 Å². The predicted octanol–water partition coefficient (Wildman–Crippen LogP) is 1.85. The maximum absolute atomic E-state index is 11.1. The Balaban J connectivity index is 1.46. The number of aromatic nitrogens is 2. The molecule has 4 N–H and O–H groups in total. The van der Waals surface area contributed by atoms with Crippen LogP contribution in [0, 0.1) is 11.8 Å². The van der Waals surface area contributed by atoms with Crippen LogP contribution in [0.1, 0.15) is 32.1 Å². The molecule has 1 aliphatic heterocycles. The van der Waals surface area contributed by atoms with Crippen LogP contribution < -0.4 is 16.0 Å². The minimum atomic E-state index is -0.896. The number of carboxylic acid groups (broad SMARTS) is 1. The lowest BCUT2D eigenvalue weighted by atomic mass is 9.95. The highest BCUT2D eigenvalue weighted by atomic mass is 16.4. The third kappa shape index (κ3) is 3.17. The Kier molecular flexibility index (Phi) is 4.05. The molecule has 1 amide bonds. The van der Waals surface area contributed by atoms with Gasteiger partial charge in [-0.2, -0.15) is 9.97 Å². The number of likely N-dealkylation sites (N-methyl/N-ethyl adjacent to an activating group) is 1. The number of hydrogen-bond acceptors (Lipinski definition) is 6. The van der Waals surface area contributed by atoms with Gasteiger partial charge in [0.15, 0.2) is 0 Å². The number of nitrogens with zero attached hydrogens (tertiary/aromatic N) is 4. The van der Waals surface area contributed by atoms with E-state index in [4.69, 9.17) is 10.8 Å². The van der Waals surface area contributed by atoms with Gasteiger partial charge in [-0.05, 0) is 37.5 Å². The highest BCUT2D eigenvalue weighted by Crippen LogP contribution is 2.45. The molecule has 2 aliphatic carbocycles. The van der Waals surface area contributed by atoms with E-state index >= 15 is 0 Å². The minimum absolute atomic E-state index is 0.0179. The quantitative estimate of drug-likeness (QED) is 0.763. The minimum Gasteiger partial charge on any atom is -0.465 e. The van der Waals surface area contributed by atoms with Crippen molar-refractivity contribution in [1.29, 1.82) is 0 Å². The fourth-order valence-electron chi connectivity index (χ4n) is 4.72. The molecule has 1 aromatic heterocycles. The summed E-state index contributed by atoms with van der Waals surface area (Å²) in [5.41, 5.74) is 5.93. The summed E-state index contributed by atoms with van der Waals surface area (Å²) in [6.07, 6.45) is 5.13. The molecule has 8 nitrogen and oxygen atoms in total. The average Bonchev–Trinajstić information content (AvgIpc) is 3.30. The second-order valence-electron chi connectivity index (χ2n) is 7.68. The SMILES string of the molecule is CN(C(=O)O)C1CCN(c2cc(N[C@H]3C[C@H]4CC[C@@H]3C4)nc(N)n2)C1. The molecule has 4 atom stereocenters. The maximum Gasteiger partial charge on any atom is 0.407 e. The van der Waals surface area contributed by atoms with E-state index in [-0.39, 0.29) is 12.0 Å². The molecule has 3 fully saturated rings. The molecule has 0 radical (unpaired) electrons. The second kappa shape index (κ2) is 6.24. The molecule has 1 saturated heterocycles. The van der Waals surface area contributed by atoms with Gasteiger partial charge < -0.3 is 26.0 Å². The van der Waals surface area contributed by atoms with Crippen LogP contribution in [0.3, 0.4) is 0 Å². The normalized spacial score (nSPS) is 30.7. The average molecular weight is 346 g/mol. The molecule has 136 valence electrons. The first-order chi connectivity index (χ1) is 12.0. The van der Waals surface area contributed by atoms with E-state index in [1.54, 1.807) is 7.05 Å². The van der Waals surface area contributed by atoms with E-state index in [9.17, 15) is 4.79 Å². The number of amides is 1. The first-order valence-corrected chi connectivity index (χ1v) is 9.11. The summed E-state index contributed by atoms with van der Waals surface area (Å²) >= 11 is 0. The molecule has 0 aromatic carbocycles. The van der Waals surface area contributed by atoms with E-state index in [1.807, 2.05) is 6.07 Å². The summed E-state index contributed by atoms with van der Waals surface area (Å²) in [5, 5.41) is 12.7. The zero-order valence-corrected chi connectivity index (χ0v) is 14.6. The van der Waals surface area contributed by atoms with Crippen molar-refractivity contribution in [2.45, 2.75) is 44.2 Å². The van der Waals surface area contributed by atoms with E-state index in [0.29, 0.717) is 12.6 Å². The molecule has 1 unspecified atom stereocenters. The van der Waals surface area contributed by atoms with Crippen LogP contribution in [0.15, 0.2) is 6.07 Å². The summed E-state index contributed by atoms with van der Waals surface area (Å²) < 4.78 is 0. The molecule has 1 aromatic rings. The number of fused-ring (bicyclic) bond motifs is 2. The van der Waals surface area contributed by atoms with Crippen LogP contribution in [0.2, 0.25) is 0 Å². The van der Waals surface area contributed by atoms with Crippen LogP contribution in [-0.4, -0.2) is 58.3 Å². The lowest BCUT2D eigenvalue weighted by Gasteiger charge is -2.25. The lowest BCUT2D eigenvalue weighted by Crippen LogP contribution is -2.38. The highest BCUT2D eigenvalue weighted by molar-refractivity contribution is 5.65. The largest absolute Gasteiger partial charge is 0.465 e. The summed E-state index contributed by atoms with van der Waals surface area (Å²) in [6.45, 7) is 1.40. The fourth-order valence-corrected chi connectivity index (χ4v) is 4.72. The van der Waals surface area contributed by atoms with Crippen molar-refractivity contribution in [2.24, 2.45) is 11.8 Å². The van der Waals surface area contributed by atoms with E-state index in [0.717, 1.165) is 36.4 Å². The monoisotopic (exact) mass is 346 g/mol. The Bertz CT molecular complexity index is 669. The molecule has 2 saturated carbocycles. The van der Waals surface area contributed by atoms with Crippen molar-refractivity contribution < 1.29 is 9.90 Å². The number of nitrogens with one attached hydrogen (secondary N) is 1. The van der Waals surface area contributed by atoms with E-state index < -0.39 is 6.09 Å². The molecule has 8 heteroatoms. The van der Waals surface area contributed by atoms with Crippen LogP contribution >= 0.6 is 0 Å². The third-order valence-electron chi connectivity index (χ3n) is 6.14. The zero-order valence-electron chi connectivity index (χ0n) is 14.6. The smallest absolute Gasteiger partial charge is 0.407 e. The first-order valence-electron chi connectivity index (χ1n) is 9.11. The lowest BCUT2D eigenvalue weighted by molar-refractivity contribution is 0.142. The van der Waals surface area contributed by atoms with Gasteiger partial charge >= 0.3 is 6.09 Å². The second-order valence-corrected chi connectivity index (χ2v) is 7.68. The van der Waals surface area contributed by atoms with Crippen LogP contribution in [-0.2, 0) is 0 Å². The van der Waals surface area contributed by atoms with E-state index in [2.05, 4.69) is 20.2 Å². The Labute approximate surface area is 147 Å². The van der Waals surface area contributed by atoms with Crippen molar-refractivity contribution in [1.82, 2.24) is 14.9 Å². The number of anilines is 3. The first kappa shape index (κ1) is 16.2. The molecule has 0 spiro atoms. The summed E-state index contributed by atoms with van der Waals surface area (Å²) in [4.78, 5) is 23.3. The number of nitrogens with two attached hydrogens (primary N) is 1. The van der Waals surface area contributed by atoms with Crippen molar-refractivity contribution in [2.75, 3.05) is 36.1 Å². The zero-order chi connectivity index (χ0) is 17.6. The summed E-state index contributed by atoms with van der Waals surface area (Å²) in [7, 11) is 1.62. The van der Waals surface area contributed by atoms with Crippen molar-refractivity contribution in [3.63, 3.8) is 0 Å². The van der Waals surface area contributed by atoms with Gasteiger partial charge in [0.1, 0.15) is 11.6 Å². The third-order valence-corrected chi connectivity index (χ3v) is 6.14. The number of hydrogen-bond donors (Lipinski definition) is 3. The van der Waals surface area contributed by atoms with Crippen LogP contribution in [0.5, 0.6) is 0 Å². The molecule has 3 aliphatic rings. The molecule has 4 rings (SSSR count). The van der Waals surface area contributed by atoms with Crippen molar-refractivity contribution in [3.05, 3.63) is 6.07 Å². The van der Waals surface area contributed by atoms with Gasteiger partial charge in [-0.3, -0.25) is 0 Å².